The topological polar surface area (TPSA) is 26.3 Å². The van der Waals surface area contributed by atoms with Gasteiger partial charge in [-0.1, -0.05) is 146 Å². The van der Waals surface area contributed by atoms with E-state index in [-0.39, 0.29) is 0 Å². The summed E-state index contributed by atoms with van der Waals surface area (Å²) in [5.41, 5.74) is 11.8. The van der Waals surface area contributed by atoms with Crippen LogP contribution in [0.1, 0.15) is 0 Å². The van der Waals surface area contributed by atoms with E-state index >= 15 is 0 Å². The SMILES string of the molecule is c1ccc(-c2ccccc2-c2c3ccccc3c(-c3ccc4c(c3)oc3c4ccc4c(-c5ccc6ccccc6c5)coc43)c3ccccc23)cc1. The highest BCUT2D eigenvalue weighted by Crippen LogP contribution is 2.47. The maximum absolute atomic E-state index is 6.74. The van der Waals surface area contributed by atoms with Crippen molar-refractivity contribution in [3.05, 3.63) is 182 Å². The van der Waals surface area contributed by atoms with Crippen LogP contribution in [0, 0.1) is 0 Å². The standard InChI is InChI=1S/C50H30O2/c1-2-13-32(14-3-1)36-16-6-7-17-38(36)48-41-20-10-8-18-39(41)47(40-19-9-11-21-42(40)48)35-24-25-37-43-26-27-44-45(30-51-49(44)50(43)52-46(37)29-35)34-23-22-31-12-4-5-15-33(31)28-34/h1-30H. The molecule has 0 amide bonds. The minimum Gasteiger partial charge on any atom is -0.460 e. The van der Waals surface area contributed by atoms with Gasteiger partial charge in [0.1, 0.15) is 5.58 Å². The molecule has 0 aliphatic heterocycles. The van der Waals surface area contributed by atoms with Crippen LogP contribution in [0.25, 0.3) is 110 Å². The summed E-state index contributed by atoms with van der Waals surface area (Å²) in [6, 6.07) is 63.1. The molecule has 0 fully saturated rings. The molecular weight excluding hydrogens is 633 g/mol. The molecule has 242 valence electrons. The van der Waals surface area contributed by atoms with Gasteiger partial charge in [0.05, 0.1) is 6.26 Å². The van der Waals surface area contributed by atoms with Crippen molar-refractivity contribution in [1.82, 2.24) is 0 Å². The van der Waals surface area contributed by atoms with Crippen molar-refractivity contribution in [2.24, 2.45) is 0 Å². The lowest BCUT2D eigenvalue weighted by molar-refractivity contribution is 0.600. The van der Waals surface area contributed by atoms with E-state index in [1.165, 1.54) is 60.1 Å². The van der Waals surface area contributed by atoms with Crippen LogP contribution < -0.4 is 0 Å². The average Bonchev–Trinajstić information content (AvgIpc) is 3.82. The van der Waals surface area contributed by atoms with Gasteiger partial charge >= 0.3 is 0 Å². The lowest BCUT2D eigenvalue weighted by atomic mass is 9.84. The Bertz CT molecular complexity index is 3120. The van der Waals surface area contributed by atoms with Gasteiger partial charge in [-0.25, -0.2) is 0 Å². The fourth-order valence-corrected chi connectivity index (χ4v) is 8.36. The molecule has 52 heavy (non-hydrogen) atoms. The normalized spacial score (nSPS) is 11.8. The third-order valence-electron chi connectivity index (χ3n) is 10.7. The van der Waals surface area contributed by atoms with Gasteiger partial charge in [-0.05, 0) is 102 Å². The molecule has 11 aromatic rings. The Balaban J connectivity index is 1.11. The van der Waals surface area contributed by atoms with E-state index in [4.69, 9.17) is 8.83 Å². The molecule has 2 nitrogen and oxygen atoms in total. The van der Waals surface area contributed by atoms with Crippen molar-refractivity contribution in [3.63, 3.8) is 0 Å². The molecule has 9 aromatic carbocycles. The molecule has 0 saturated heterocycles. The van der Waals surface area contributed by atoms with Crippen molar-refractivity contribution in [1.29, 1.82) is 0 Å². The predicted octanol–water partition coefficient (Wildman–Crippen LogP) is 14.5. The number of furan rings is 2. The van der Waals surface area contributed by atoms with Crippen molar-refractivity contribution in [2.45, 2.75) is 0 Å². The second-order valence-corrected chi connectivity index (χ2v) is 13.6. The van der Waals surface area contributed by atoms with E-state index in [2.05, 4.69) is 176 Å². The van der Waals surface area contributed by atoms with Gasteiger partial charge < -0.3 is 8.83 Å². The van der Waals surface area contributed by atoms with E-state index in [0.717, 1.165) is 49.6 Å². The van der Waals surface area contributed by atoms with Crippen LogP contribution in [0.5, 0.6) is 0 Å². The summed E-state index contributed by atoms with van der Waals surface area (Å²) in [7, 11) is 0. The van der Waals surface area contributed by atoms with Crippen LogP contribution in [-0.4, -0.2) is 0 Å². The highest BCUT2D eigenvalue weighted by atomic mass is 16.4. The molecule has 0 unspecified atom stereocenters. The van der Waals surface area contributed by atoms with Crippen LogP contribution in [-0.2, 0) is 0 Å². The first-order valence-electron chi connectivity index (χ1n) is 17.7. The first-order valence-corrected chi connectivity index (χ1v) is 17.7. The molecule has 0 bridgehead atoms. The summed E-state index contributed by atoms with van der Waals surface area (Å²) in [5, 5.41) is 10.5. The third-order valence-corrected chi connectivity index (χ3v) is 10.7. The second-order valence-electron chi connectivity index (χ2n) is 13.6. The minimum atomic E-state index is 0.774. The summed E-state index contributed by atoms with van der Waals surface area (Å²) < 4.78 is 13.0. The first-order chi connectivity index (χ1) is 25.8. The number of benzene rings is 9. The van der Waals surface area contributed by atoms with E-state index in [9.17, 15) is 0 Å². The lowest BCUT2D eigenvalue weighted by Gasteiger charge is -2.19. The smallest absolute Gasteiger partial charge is 0.178 e. The summed E-state index contributed by atoms with van der Waals surface area (Å²) in [6.45, 7) is 0. The van der Waals surface area contributed by atoms with Crippen molar-refractivity contribution in [3.8, 4) is 44.5 Å². The maximum atomic E-state index is 6.74. The maximum Gasteiger partial charge on any atom is 0.178 e. The predicted molar refractivity (Wildman–Crippen MR) is 218 cm³/mol. The third kappa shape index (κ3) is 4.31. The molecule has 0 radical (unpaired) electrons. The summed E-state index contributed by atoms with van der Waals surface area (Å²) >= 11 is 0. The van der Waals surface area contributed by atoms with Gasteiger partial charge in [0.2, 0.25) is 0 Å². The van der Waals surface area contributed by atoms with E-state index < -0.39 is 0 Å². The quantitative estimate of drug-likeness (QED) is 0.175. The van der Waals surface area contributed by atoms with Crippen molar-refractivity contribution in [2.75, 3.05) is 0 Å². The molecule has 11 rings (SSSR count). The Morgan fingerprint density at radius 1 is 0.308 bits per heavy atom. The fraction of sp³-hybridized carbons (Fsp3) is 0. The van der Waals surface area contributed by atoms with E-state index in [1.54, 1.807) is 0 Å². The molecule has 2 aromatic heterocycles. The fourth-order valence-electron chi connectivity index (χ4n) is 8.36. The van der Waals surface area contributed by atoms with Crippen molar-refractivity contribution >= 4 is 65.2 Å². The van der Waals surface area contributed by atoms with Gasteiger partial charge in [0.25, 0.3) is 0 Å². The van der Waals surface area contributed by atoms with E-state index in [0.29, 0.717) is 0 Å². The Labute approximate surface area is 299 Å². The summed E-state index contributed by atoms with van der Waals surface area (Å²) in [4.78, 5) is 0. The zero-order valence-electron chi connectivity index (χ0n) is 28.1. The summed E-state index contributed by atoms with van der Waals surface area (Å²) in [6.07, 6.45) is 1.86. The number of fused-ring (bicyclic) bond motifs is 8. The van der Waals surface area contributed by atoms with Gasteiger partial charge in [0.15, 0.2) is 11.2 Å². The molecule has 0 aliphatic carbocycles. The monoisotopic (exact) mass is 662 g/mol. The first kappa shape index (κ1) is 28.9. The van der Waals surface area contributed by atoms with Gasteiger partial charge in [-0.2, -0.15) is 0 Å². The molecule has 2 heteroatoms. The van der Waals surface area contributed by atoms with Crippen LogP contribution in [0.15, 0.2) is 191 Å². The number of hydrogen-bond donors (Lipinski definition) is 0. The summed E-state index contributed by atoms with van der Waals surface area (Å²) in [5.74, 6) is 0. The molecule has 0 spiro atoms. The minimum absolute atomic E-state index is 0.774. The van der Waals surface area contributed by atoms with Crippen molar-refractivity contribution < 1.29 is 8.83 Å². The van der Waals surface area contributed by atoms with Crippen LogP contribution in [0.3, 0.4) is 0 Å². The lowest BCUT2D eigenvalue weighted by Crippen LogP contribution is -1.92. The molecule has 0 atom stereocenters. The largest absolute Gasteiger partial charge is 0.460 e. The Morgan fingerprint density at radius 3 is 1.67 bits per heavy atom. The Morgan fingerprint density at radius 2 is 0.904 bits per heavy atom. The molecule has 0 aliphatic rings. The second kappa shape index (κ2) is 11.3. The van der Waals surface area contributed by atoms with Gasteiger partial charge in [-0.15, -0.1) is 0 Å². The van der Waals surface area contributed by atoms with E-state index in [1.807, 2.05) is 6.26 Å². The molecule has 2 heterocycles. The number of rotatable bonds is 4. The zero-order valence-corrected chi connectivity index (χ0v) is 28.1. The molecule has 0 saturated carbocycles. The highest BCUT2D eigenvalue weighted by molar-refractivity contribution is 6.23. The molecule has 0 N–H and O–H groups in total. The Kier molecular flexibility index (Phi) is 6.28. The van der Waals surface area contributed by atoms with Crippen LogP contribution >= 0.6 is 0 Å². The van der Waals surface area contributed by atoms with Crippen LogP contribution in [0.4, 0.5) is 0 Å². The zero-order chi connectivity index (χ0) is 34.2. The average molecular weight is 663 g/mol. The molecular formula is C50H30O2. The van der Waals surface area contributed by atoms with Crippen LogP contribution in [0.2, 0.25) is 0 Å². The number of hydrogen-bond acceptors (Lipinski definition) is 2. The van der Waals surface area contributed by atoms with Gasteiger partial charge in [-0.3, -0.25) is 0 Å². The highest BCUT2D eigenvalue weighted by Gasteiger charge is 2.21. The van der Waals surface area contributed by atoms with Gasteiger partial charge in [0, 0.05) is 21.7 Å². The Hall–Kier alpha value is -6.90.